The Morgan fingerprint density at radius 1 is 1.08 bits per heavy atom. The van der Waals surface area contributed by atoms with Crippen LogP contribution in [0, 0.1) is 0 Å². The van der Waals surface area contributed by atoms with Crippen LogP contribution in [0.1, 0.15) is 0 Å². The summed E-state index contributed by atoms with van der Waals surface area (Å²) >= 11 is 10.6. The van der Waals surface area contributed by atoms with E-state index in [2.05, 4.69) is 58.8 Å². The maximum absolute atomic E-state index is 2.16. The maximum Gasteiger partial charge on any atom is 0.0403 e. The smallest absolute Gasteiger partial charge is 0.0403 e. The Balaban J connectivity index is 1.32. The first-order chi connectivity index (χ1) is 6.45. The Hall–Kier alpha value is 1.75. The second-order valence-electron chi connectivity index (χ2n) is 3.09. The lowest BCUT2D eigenvalue weighted by Crippen LogP contribution is -2.20. The van der Waals surface area contributed by atoms with Gasteiger partial charge in [0, 0.05) is 43.7 Å². The lowest BCUT2D eigenvalue weighted by molar-refractivity contribution is 1.09. The van der Waals surface area contributed by atoms with Gasteiger partial charge in [-0.1, -0.05) is 0 Å². The number of hydrogen-bond acceptors (Lipinski definition) is 5. The summed E-state index contributed by atoms with van der Waals surface area (Å²) in [6, 6.07) is 0. The average molecular weight is 271 g/mol. The topological polar surface area (TPSA) is 0 Å². The van der Waals surface area contributed by atoms with Gasteiger partial charge in [-0.3, -0.25) is 0 Å². The second kappa shape index (κ2) is 6.36. The van der Waals surface area contributed by atoms with E-state index in [1.807, 2.05) is 0 Å². The summed E-state index contributed by atoms with van der Waals surface area (Å²) in [4.78, 5) is 0. The summed E-state index contributed by atoms with van der Waals surface area (Å²) in [6.45, 7) is 0. The van der Waals surface area contributed by atoms with Crippen molar-refractivity contribution in [1.29, 1.82) is 0 Å². The van der Waals surface area contributed by atoms with Crippen LogP contribution < -0.4 is 0 Å². The minimum absolute atomic E-state index is 0.987. The van der Waals surface area contributed by atoms with Crippen LogP contribution in [-0.4, -0.2) is 43.7 Å². The Kier molecular flexibility index (Phi) is 5.50. The van der Waals surface area contributed by atoms with E-state index in [9.17, 15) is 0 Å². The summed E-state index contributed by atoms with van der Waals surface area (Å²) < 4.78 is 0. The molecule has 0 nitrogen and oxygen atoms in total. The van der Waals surface area contributed by atoms with Gasteiger partial charge in [0.2, 0.25) is 0 Å². The van der Waals surface area contributed by atoms with Crippen LogP contribution >= 0.6 is 58.8 Å². The zero-order valence-electron chi connectivity index (χ0n) is 7.44. The molecule has 1 atom stereocenters. The molecule has 0 radical (unpaired) electrons. The number of thioether (sulfide) groups is 5. The predicted molar refractivity (Wildman–Crippen MR) is 74.7 cm³/mol. The molecule has 2 aliphatic heterocycles. The molecule has 2 aliphatic rings. The molecule has 5 heteroatoms. The van der Waals surface area contributed by atoms with Crippen molar-refractivity contribution >= 4 is 58.8 Å². The summed E-state index contributed by atoms with van der Waals surface area (Å²) in [5.41, 5.74) is 0. The maximum atomic E-state index is 2.16. The molecule has 0 spiro atoms. The van der Waals surface area contributed by atoms with E-state index in [0.29, 0.717) is 0 Å². The van der Waals surface area contributed by atoms with Crippen molar-refractivity contribution in [3.05, 3.63) is 0 Å². The van der Waals surface area contributed by atoms with Gasteiger partial charge in [-0.15, -0.1) is 35.3 Å². The fourth-order valence-corrected chi connectivity index (χ4v) is 7.02. The Labute approximate surface area is 102 Å². The molecule has 0 aromatic heterocycles. The molecular formula is C8H14S5. The fourth-order valence-electron chi connectivity index (χ4n) is 0.891. The lowest BCUT2D eigenvalue weighted by atomic mass is 10.5. The third-order valence-electron chi connectivity index (χ3n) is 1.87. The van der Waals surface area contributed by atoms with E-state index in [4.69, 9.17) is 0 Å². The molecule has 0 bridgehead atoms. The Morgan fingerprint density at radius 2 is 1.92 bits per heavy atom. The highest BCUT2D eigenvalue weighted by Gasteiger charge is 2.21. The van der Waals surface area contributed by atoms with Crippen molar-refractivity contribution in [2.75, 3.05) is 33.2 Å². The van der Waals surface area contributed by atoms with Crippen molar-refractivity contribution in [3.63, 3.8) is 0 Å². The highest BCUT2D eigenvalue weighted by atomic mass is 32.2. The molecule has 2 rings (SSSR count). The first-order valence-corrected chi connectivity index (χ1v) is 9.98. The van der Waals surface area contributed by atoms with Gasteiger partial charge in [0.25, 0.3) is 0 Å². The van der Waals surface area contributed by atoms with Crippen LogP contribution in [0.4, 0.5) is 0 Å². The summed E-state index contributed by atoms with van der Waals surface area (Å²) in [5.74, 6) is 5.61. The average Bonchev–Trinajstić information content (AvgIpc) is 2.83. The third kappa shape index (κ3) is 4.87. The molecule has 76 valence electrons. The quantitative estimate of drug-likeness (QED) is 0.394. The van der Waals surface area contributed by atoms with E-state index in [1.54, 1.807) is 0 Å². The van der Waals surface area contributed by atoms with Gasteiger partial charge >= 0.3 is 0 Å². The largest absolute Gasteiger partial charge is 0.160 e. The summed E-state index contributed by atoms with van der Waals surface area (Å²) in [5, 5.41) is 4.63. The van der Waals surface area contributed by atoms with Crippen molar-refractivity contribution in [1.82, 2.24) is 0 Å². The van der Waals surface area contributed by atoms with E-state index >= 15 is 0 Å². The van der Waals surface area contributed by atoms with Gasteiger partial charge in [0.1, 0.15) is 0 Å². The molecule has 0 saturated carbocycles. The first kappa shape index (κ1) is 11.2. The highest BCUT2D eigenvalue weighted by Crippen LogP contribution is 2.35. The van der Waals surface area contributed by atoms with E-state index in [1.165, 1.54) is 33.2 Å². The van der Waals surface area contributed by atoms with E-state index < -0.39 is 0 Å². The SMILES string of the molecule is C(SCSC1CSC1)SCC1CS1. The van der Waals surface area contributed by atoms with Crippen molar-refractivity contribution in [2.45, 2.75) is 10.5 Å². The third-order valence-corrected chi connectivity index (χ3v) is 8.74. The molecule has 2 fully saturated rings. The van der Waals surface area contributed by atoms with Crippen molar-refractivity contribution in [3.8, 4) is 0 Å². The van der Waals surface area contributed by atoms with Gasteiger partial charge < -0.3 is 0 Å². The number of hydrogen-bond donors (Lipinski definition) is 0. The van der Waals surface area contributed by atoms with Gasteiger partial charge in [-0.05, 0) is 0 Å². The van der Waals surface area contributed by atoms with Crippen LogP contribution in [0.25, 0.3) is 0 Å². The first-order valence-electron chi connectivity index (χ1n) is 4.41. The van der Waals surface area contributed by atoms with Gasteiger partial charge in [0.05, 0.1) is 0 Å². The lowest BCUT2D eigenvalue weighted by Gasteiger charge is -2.23. The summed E-state index contributed by atoms with van der Waals surface area (Å²) in [6.07, 6.45) is 0. The van der Waals surface area contributed by atoms with Crippen LogP contribution in [0.15, 0.2) is 0 Å². The molecule has 0 aromatic carbocycles. The van der Waals surface area contributed by atoms with Crippen LogP contribution in [0.2, 0.25) is 0 Å². The van der Waals surface area contributed by atoms with E-state index in [0.717, 1.165) is 10.5 Å². The van der Waals surface area contributed by atoms with Gasteiger partial charge in [-0.25, -0.2) is 0 Å². The zero-order valence-corrected chi connectivity index (χ0v) is 11.5. The van der Waals surface area contributed by atoms with Gasteiger partial charge in [-0.2, -0.15) is 23.5 Å². The second-order valence-corrected chi connectivity index (χ2v) is 9.54. The minimum Gasteiger partial charge on any atom is -0.160 e. The molecule has 13 heavy (non-hydrogen) atoms. The van der Waals surface area contributed by atoms with Crippen LogP contribution in [0.5, 0.6) is 0 Å². The predicted octanol–water partition coefficient (Wildman–Crippen LogP) is 3.33. The zero-order chi connectivity index (χ0) is 8.93. The van der Waals surface area contributed by atoms with Crippen LogP contribution in [-0.2, 0) is 0 Å². The Morgan fingerprint density at radius 3 is 2.54 bits per heavy atom. The summed E-state index contributed by atoms with van der Waals surface area (Å²) in [7, 11) is 0. The Bertz CT molecular complexity index is 143. The highest BCUT2D eigenvalue weighted by molar-refractivity contribution is 8.23. The normalized spacial score (nSPS) is 27.2. The molecule has 2 heterocycles. The van der Waals surface area contributed by atoms with Crippen molar-refractivity contribution < 1.29 is 0 Å². The van der Waals surface area contributed by atoms with Crippen LogP contribution in [0.3, 0.4) is 0 Å². The monoisotopic (exact) mass is 270 g/mol. The molecule has 1 unspecified atom stereocenters. The minimum atomic E-state index is 0.987. The number of rotatable bonds is 7. The fraction of sp³-hybridized carbons (Fsp3) is 1.00. The molecule has 0 amide bonds. The van der Waals surface area contributed by atoms with Crippen molar-refractivity contribution in [2.24, 2.45) is 0 Å². The molecule has 0 aliphatic carbocycles. The molecule has 2 saturated heterocycles. The molecule has 0 aromatic rings. The van der Waals surface area contributed by atoms with Gasteiger partial charge in [0.15, 0.2) is 0 Å². The standard InChI is InChI=1S/C8H14S5/c1-7(2-9-1)13-6-11-5-10-3-8-4-12-8/h7-8H,1-6H2. The molecular weight excluding hydrogens is 256 g/mol. The molecule has 0 N–H and O–H groups in total. The van der Waals surface area contributed by atoms with E-state index in [-0.39, 0.29) is 0 Å².